The molecule has 2 aromatic heterocycles. The lowest BCUT2D eigenvalue weighted by molar-refractivity contribution is -0.130. The zero-order valence-electron chi connectivity index (χ0n) is 11.7. The van der Waals surface area contributed by atoms with E-state index in [2.05, 4.69) is 19.9 Å². The van der Waals surface area contributed by atoms with Crippen molar-refractivity contribution in [1.82, 2.24) is 19.9 Å². The number of aromatic nitrogens is 3. The highest BCUT2D eigenvalue weighted by molar-refractivity contribution is 5.79. The number of anilines is 1. The predicted octanol–water partition coefficient (Wildman–Crippen LogP) is 0.763. The molecular formula is C15H17N5O. The van der Waals surface area contributed by atoms with Gasteiger partial charge in [-0.3, -0.25) is 9.78 Å². The second-order valence-electron chi connectivity index (χ2n) is 4.95. The van der Waals surface area contributed by atoms with E-state index >= 15 is 0 Å². The summed E-state index contributed by atoms with van der Waals surface area (Å²) in [5, 5.41) is 0. The van der Waals surface area contributed by atoms with Crippen molar-refractivity contribution < 1.29 is 4.79 Å². The molecule has 2 aromatic rings. The maximum Gasteiger partial charge on any atom is 0.227 e. The largest absolute Gasteiger partial charge is 0.339 e. The number of carbonyl (C=O) groups is 1. The zero-order chi connectivity index (χ0) is 14.5. The Morgan fingerprint density at radius 3 is 2.33 bits per heavy atom. The topological polar surface area (TPSA) is 62.2 Å². The molecule has 0 unspecified atom stereocenters. The molecule has 1 fully saturated rings. The number of rotatable bonds is 3. The Labute approximate surface area is 123 Å². The summed E-state index contributed by atoms with van der Waals surface area (Å²) < 4.78 is 0. The van der Waals surface area contributed by atoms with Crippen LogP contribution in [0.2, 0.25) is 0 Å². The van der Waals surface area contributed by atoms with Gasteiger partial charge >= 0.3 is 0 Å². The van der Waals surface area contributed by atoms with Crippen LogP contribution in [0.4, 0.5) is 5.95 Å². The van der Waals surface area contributed by atoms with Crippen molar-refractivity contribution in [1.29, 1.82) is 0 Å². The molecule has 0 aromatic carbocycles. The minimum Gasteiger partial charge on any atom is -0.339 e. The van der Waals surface area contributed by atoms with Gasteiger partial charge in [-0.25, -0.2) is 9.97 Å². The minimum atomic E-state index is 0.162. The number of piperazine rings is 1. The molecule has 0 bridgehead atoms. The SMILES string of the molecule is O=C(Cc1ccncc1)N1CCN(c2ncccn2)CC1. The summed E-state index contributed by atoms with van der Waals surface area (Å²) in [5.41, 5.74) is 1.00. The van der Waals surface area contributed by atoms with Crippen LogP contribution in [-0.4, -0.2) is 51.9 Å². The van der Waals surface area contributed by atoms with E-state index in [4.69, 9.17) is 0 Å². The molecule has 1 aliphatic heterocycles. The summed E-state index contributed by atoms with van der Waals surface area (Å²) in [6.45, 7) is 2.96. The molecule has 0 saturated carbocycles. The Hall–Kier alpha value is -2.50. The first-order valence-electron chi connectivity index (χ1n) is 7.01. The van der Waals surface area contributed by atoms with Crippen LogP contribution in [0.1, 0.15) is 5.56 Å². The smallest absolute Gasteiger partial charge is 0.227 e. The maximum absolute atomic E-state index is 12.3. The van der Waals surface area contributed by atoms with E-state index in [9.17, 15) is 4.79 Å². The van der Waals surface area contributed by atoms with Crippen LogP contribution in [0.25, 0.3) is 0 Å². The summed E-state index contributed by atoms with van der Waals surface area (Å²) in [5.74, 6) is 0.897. The fourth-order valence-corrected chi connectivity index (χ4v) is 2.40. The van der Waals surface area contributed by atoms with Crippen LogP contribution in [0.15, 0.2) is 43.0 Å². The Kier molecular flexibility index (Phi) is 4.04. The lowest BCUT2D eigenvalue weighted by Gasteiger charge is -2.34. The first kappa shape index (κ1) is 13.5. The number of hydrogen-bond acceptors (Lipinski definition) is 5. The summed E-state index contributed by atoms with van der Waals surface area (Å²) >= 11 is 0. The molecule has 1 amide bonds. The highest BCUT2D eigenvalue weighted by Gasteiger charge is 2.22. The van der Waals surface area contributed by atoms with E-state index in [1.165, 1.54) is 0 Å². The molecule has 0 aliphatic carbocycles. The lowest BCUT2D eigenvalue weighted by atomic mass is 10.1. The Morgan fingerprint density at radius 2 is 1.67 bits per heavy atom. The van der Waals surface area contributed by atoms with Gasteiger partial charge in [0.25, 0.3) is 0 Å². The number of pyridine rings is 1. The van der Waals surface area contributed by atoms with Crippen LogP contribution in [0.5, 0.6) is 0 Å². The molecule has 0 spiro atoms. The van der Waals surface area contributed by atoms with Gasteiger partial charge < -0.3 is 9.80 Å². The molecule has 6 heteroatoms. The van der Waals surface area contributed by atoms with Crippen molar-refractivity contribution in [3.63, 3.8) is 0 Å². The normalized spacial score (nSPS) is 15.0. The van der Waals surface area contributed by atoms with Gasteiger partial charge in [0.05, 0.1) is 6.42 Å². The van der Waals surface area contributed by atoms with Crippen LogP contribution in [0.3, 0.4) is 0 Å². The van der Waals surface area contributed by atoms with Gasteiger partial charge in [0.2, 0.25) is 11.9 Å². The second kappa shape index (κ2) is 6.30. The second-order valence-corrected chi connectivity index (χ2v) is 4.95. The highest BCUT2D eigenvalue weighted by Crippen LogP contribution is 2.11. The first-order valence-corrected chi connectivity index (χ1v) is 7.01. The van der Waals surface area contributed by atoms with Gasteiger partial charge in [-0.15, -0.1) is 0 Å². The molecule has 1 aliphatic rings. The Bertz CT molecular complexity index is 582. The lowest BCUT2D eigenvalue weighted by Crippen LogP contribution is -2.49. The molecule has 6 nitrogen and oxygen atoms in total. The van der Waals surface area contributed by atoms with Crippen LogP contribution < -0.4 is 4.90 Å². The monoisotopic (exact) mass is 283 g/mol. The quantitative estimate of drug-likeness (QED) is 0.832. The van der Waals surface area contributed by atoms with Gasteiger partial charge in [-0.1, -0.05) is 0 Å². The summed E-state index contributed by atoms with van der Waals surface area (Å²) in [6, 6.07) is 5.57. The molecule has 0 atom stereocenters. The predicted molar refractivity (Wildman–Crippen MR) is 78.8 cm³/mol. The van der Waals surface area contributed by atoms with Gasteiger partial charge in [0.1, 0.15) is 0 Å². The third-order valence-electron chi connectivity index (χ3n) is 3.57. The number of amides is 1. The van der Waals surface area contributed by atoms with Gasteiger partial charge in [0.15, 0.2) is 0 Å². The maximum atomic E-state index is 12.3. The van der Waals surface area contributed by atoms with E-state index in [1.54, 1.807) is 30.9 Å². The van der Waals surface area contributed by atoms with E-state index in [0.29, 0.717) is 19.5 Å². The molecule has 0 radical (unpaired) electrons. The van der Waals surface area contributed by atoms with Gasteiger partial charge in [-0.05, 0) is 23.8 Å². The third-order valence-corrected chi connectivity index (χ3v) is 3.57. The molecule has 3 heterocycles. The average molecular weight is 283 g/mol. The van der Waals surface area contributed by atoms with Crippen molar-refractivity contribution in [2.24, 2.45) is 0 Å². The van der Waals surface area contributed by atoms with Crippen molar-refractivity contribution in [3.05, 3.63) is 48.5 Å². The van der Waals surface area contributed by atoms with Crippen molar-refractivity contribution in [3.8, 4) is 0 Å². The first-order chi connectivity index (χ1) is 10.3. The van der Waals surface area contributed by atoms with Gasteiger partial charge in [-0.2, -0.15) is 0 Å². The third kappa shape index (κ3) is 3.34. The van der Waals surface area contributed by atoms with Crippen molar-refractivity contribution >= 4 is 11.9 Å². The van der Waals surface area contributed by atoms with E-state index in [-0.39, 0.29) is 5.91 Å². The average Bonchev–Trinajstić information content (AvgIpc) is 2.57. The Morgan fingerprint density at radius 1 is 1.00 bits per heavy atom. The van der Waals surface area contributed by atoms with Crippen molar-refractivity contribution in [2.75, 3.05) is 31.1 Å². The highest BCUT2D eigenvalue weighted by atomic mass is 16.2. The summed E-state index contributed by atoms with van der Waals surface area (Å²) in [6.07, 6.45) is 7.34. The molecule has 0 N–H and O–H groups in total. The number of hydrogen-bond donors (Lipinski definition) is 0. The molecule has 21 heavy (non-hydrogen) atoms. The zero-order valence-corrected chi connectivity index (χ0v) is 11.7. The number of carbonyl (C=O) groups excluding carboxylic acids is 1. The van der Waals surface area contributed by atoms with Gasteiger partial charge in [0, 0.05) is 51.0 Å². The van der Waals surface area contributed by atoms with Crippen molar-refractivity contribution in [2.45, 2.75) is 6.42 Å². The van der Waals surface area contributed by atoms with Crippen LogP contribution in [0, 0.1) is 0 Å². The standard InChI is InChI=1S/C15H17N5O/c21-14(12-13-2-6-16-7-3-13)19-8-10-20(11-9-19)15-17-4-1-5-18-15/h1-7H,8-12H2. The minimum absolute atomic E-state index is 0.162. The fraction of sp³-hybridized carbons (Fsp3) is 0.333. The number of nitrogens with zero attached hydrogens (tertiary/aromatic N) is 5. The molecule has 3 rings (SSSR count). The summed E-state index contributed by atoms with van der Waals surface area (Å²) in [7, 11) is 0. The fourth-order valence-electron chi connectivity index (χ4n) is 2.40. The van der Waals surface area contributed by atoms with E-state index in [1.807, 2.05) is 17.0 Å². The van der Waals surface area contributed by atoms with E-state index < -0.39 is 0 Å². The summed E-state index contributed by atoms with van der Waals surface area (Å²) in [4.78, 5) is 28.7. The molecule has 1 saturated heterocycles. The van der Waals surface area contributed by atoms with Crippen LogP contribution in [-0.2, 0) is 11.2 Å². The Balaban J connectivity index is 1.55. The molecular weight excluding hydrogens is 266 g/mol. The van der Waals surface area contributed by atoms with Crippen LogP contribution >= 0.6 is 0 Å². The van der Waals surface area contributed by atoms with E-state index in [0.717, 1.165) is 24.6 Å². The molecule has 108 valence electrons.